The summed E-state index contributed by atoms with van der Waals surface area (Å²) in [5.74, 6) is -0.475. The molecule has 0 unspecified atom stereocenters. The summed E-state index contributed by atoms with van der Waals surface area (Å²) in [5, 5.41) is 12.0. The third-order valence-corrected chi connectivity index (χ3v) is 7.35. The number of ether oxygens (including phenoxy) is 1. The normalized spacial score (nSPS) is 16.6. The first-order valence-corrected chi connectivity index (χ1v) is 11.5. The van der Waals surface area contributed by atoms with Crippen molar-refractivity contribution in [2.24, 2.45) is 5.41 Å². The van der Waals surface area contributed by atoms with Crippen LogP contribution in [0.2, 0.25) is 0 Å². The molecule has 0 amide bonds. The van der Waals surface area contributed by atoms with Crippen molar-refractivity contribution in [1.82, 2.24) is 15.0 Å². The number of hydrogen-bond donors (Lipinski definition) is 1. The second kappa shape index (κ2) is 7.48. The molecule has 6 nitrogen and oxygen atoms in total. The molecule has 1 N–H and O–H groups in total. The number of rotatable bonds is 4. The van der Waals surface area contributed by atoms with Gasteiger partial charge in [0, 0.05) is 30.3 Å². The first-order valence-electron chi connectivity index (χ1n) is 11.5. The number of anilines is 1. The van der Waals surface area contributed by atoms with Crippen LogP contribution in [-0.2, 0) is 6.42 Å². The summed E-state index contributed by atoms with van der Waals surface area (Å²) in [6, 6.07) is 5.98. The lowest BCUT2D eigenvalue weighted by Gasteiger charge is -2.56. The van der Waals surface area contributed by atoms with Gasteiger partial charge in [0.25, 0.3) is 0 Å². The number of fused-ring (bicyclic) bond motifs is 2. The molecular formula is C26H24F2N4O2. The minimum atomic E-state index is -0.656. The summed E-state index contributed by atoms with van der Waals surface area (Å²) in [4.78, 5) is 15.4. The van der Waals surface area contributed by atoms with Crippen LogP contribution in [0, 0.1) is 17.0 Å². The number of halogens is 2. The SMILES string of the molecule is CCc1c(F)ccc2cc(O)cc(-c3ncc4c(N5CC6(CCC6)C5)nc(OC)nc4c3F)c12. The number of pyridine rings is 1. The second-order valence-corrected chi connectivity index (χ2v) is 9.40. The van der Waals surface area contributed by atoms with Gasteiger partial charge in [0.05, 0.1) is 12.5 Å². The highest BCUT2D eigenvalue weighted by molar-refractivity contribution is 6.01. The molecule has 1 saturated heterocycles. The Balaban J connectivity index is 1.57. The van der Waals surface area contributed by atoms with Crippen LogP contribution < -0.4 is 9.64 Å². The lowest BCUT2D eigenvalue weighted by molar-refractivity contribution is 0.0898. The molecule has 2 aromatic carbocycles. The van der Waals surface area contributed by atoms with Crippen LogP contribution in [0.4, 0.5) is 14.6 Å². The van der Waals surface area contributed by atoms with Crippen LogP contribution in [0.5, 0.6) is 11.8 Å². The van der Waals surface area contributed by atoms with Crippen molar-refractivity contribution in [2.75, 3.05) is 25.1 Å². The molecule has 1 spiro atoms. The predicted octanol–water partition coefficient (Wildman–Crippen LogP) is 5.39. The van der Waals surface area contributed by atoms with Gasteiger partial charge >= 0.3 is 6.01 Å². The zero-order chi connectivity index (χ0) is 23.6. The minimum Gasteiger partial charge on any atom is -0.508 e. The van der Waals surface area contributed by atoms with E-state index in [4.69, 9.17) is 4.74 Å². The maximum absolute atomic E-state index is 16.1. The van der Waals surface area contributed by atoms with E-state index in [1.54, 1.807) is 18.3 Å². The Bertz CT molecular complexity index is 1460. The maximum atomic E-state index is 16.1. The van der Waals surface area contributed by atoms with Crippen LogP contribution in [-0.4, -0.2) is 40.3 Å². The van der Waals surface area contributed by atoms with Gasteiger partial charge < -0.3 is 14.7 Å². The van der Waals surface area contributed by atoms with Gasteiger partial charge in [-0.15, -0.1) is 0 Å². The standard InChI is InChI=1S/C26H24F2N4O2/c1-3-16-19(27)6-5-14-9-15(33)10-17(20(14)16)22-21(28)23-18(11-29-22)24(31-25(30-23)34-2)32-12-26(13-32)7-4-8-26/h5-6,9-11,33H,3-4,7-8,12-13H2,1-2H3. The molecule has 1 saturated carbocycles. The lowest BCUT2D eigenvalue weighted by atomic mass is 9.63. The van der Waals surface area contributed by atoms with E-state index in [1.807, 2.05) is 6.92 Å². The average Bonchev–Trinajstić information content (AvgIpc) is 2.77. The van der Waals surface area contributed by atoms with E-state index in [-0.39, 0.29) is 28.8 Å². The van der Waals surface area contributed by atoms with Gasteiger partial charge in [0.15, 0.2) is 5.82 Å². The van der Waals surface area contributed by atoms with Crippen molar-refractivity contribution in [1.29, 1.82) is 0 Å². The molecule has 1 aliphatic carbocycles. The number of phenols is 1. The topological polar surface area (TPSA) is 71.4 Å². The van der Waals surface area contributed by atoms with E-state index >= 15 is 4.39 Å². The highest BCUT2D eigenvalue weighted by Gasteiger charge is 2.48. The number of aromatic nitrogens is 3. The van der Waals surface area contributed by atoms with Crippen LogP contribution in [0.1, 0.15) is 31.7 Å². The number of aryl methyl sites for hydroxylation is 1. The van der Waals surface area contributed by atoms with Crippen molar-refractivity contribution >= 4 is 27.5 Å². The summed E-state index contributed by atoms with van der Waals surface area (Å²) in [7, 11) is 1.45. The van der Waals surface area contributed by atoms with Gasteiger partial charge in [-0.1, -0.05) is 19.4 Å². The fraction of sp³-hybridized carbons (Fsp3) is 0.346. The molecule has 0 bridgehead atoms. The smallest absolute Gasteiger partial charge is 0.318 e. The lowest BCUT2D eigenvalue weighted by Crippen LogP contribution is -2.60. The zero-order valence-electron chi connectivity index (χ0n) is 19.0. The molecule has 2 fully saturated rings. The van der Waals surface area contributed by atoms with E-state index in [2.05, 4.69) is 19.9 Å². The predicted molar refractivity (Wildman–Crippen MR) is 126 cm³/mol. The second-order valence-electron chi connectivity index (χ2n) is 9.40. The van der Waals surface area contributed by atoms with Gasteiger partial charge in [-0.25, -0.2) is 8.78 Å². The number of methoxy groups -OCH3 is 1. The van der Waals surface area contributed by atoms with E-state index in [9.17, 15) is 9.50 Å². The van der Waals surface area contributed by atoms with E-state index < -0.39 is 5.82 Å². The Morgan fingerprint density at radius 3 is 2.62 bits per heavy atom. The van der Waals surface area contributed by atoms with Crippen molar-refractivity contribution in [2.45, 2.75) is 32.6 Å². The molecule has 3 heterocycles. The number of phenolic OH excluding ortho intramolecular Hbond substituents is 1. The molecule has 6 rings (SSSR count). The fourth-order valence-electron chi connectivity index (χ4n) is 5.48. The summed E-state index contributed by atoms with van der Waals surface area (Å²) >= 11 is 0. The van der Waals surface area contributed by atoms with Gasteiger partial charge in [-0.3, -0.25) is 4.98 Å². The highest BCUT2D eigenvalue weighted by Crippen LogP contribution is 2.50. The highest BCUT2D eigenvalue weighted by atomic mass is 19.1. The Labute approximate surface area is 195 Å². The van der Waals surface area contributed by atoms with Crippen LogP contribution >= 0.6 is 0 Å². The van der Waals surface area contributed by atoms with E-state index in [0.29, 0.717) is 44.9 Å². The molecular weight excluding hydrogens is 438 g/mol. The van der Waals surface area contributed by atoms with E-state index in [1.165, 1.54) is 38.5 Å². The Kier molecular flexibility index (Phi) is 4.62. The molecule has 0 atom stereocenters. The third-order valence-electron chi connectivity index (χ3n) is 7.35. The minimum absolute atomic E-state index is 0.000485. The largest absolute Gasteiger partial charge is 0.508 e. The molecule has 1 aliphatic heterocycles. The van der Waals surface area contributed by atoms with Gasteiger partial charge in [-0.2, -0.15) is 9.97 Å². The van der Waals surface area contributed by atoms with E-state index in [0.717, 1.165) is 13.1 Å². The van der Waals surface area contributed by atoms with Crippen molar-refractivity contribution in [3.63, 3.8) is 0 Å². The molecule has 174 valence electrons. The quantitative estimate of drug-likeness (QED) is 0.439. The van der Waals surface area contributed by atoms with Crippen molar-refractivity contribution in [3.05, 3.63) is 47.7 Å². The number of benzene rings is 2. The van der Waals surface area contributed by atoms with Crippen LogP contribution in [0.15, 0.2) is 30.5 Å². The zero-order valence-corrected chi connectivity index (χ0v) is 19.0. The first kappa shape index (κ1) is 21.0. The fourth-order valence-corrected chi connectivity index (χ4v) is 5.48. The summed E-state index contributed by atoms with van der Waals surface area (Å²) in [6.45, 7) is 3.59. The number of aromatic hydroxyl groups is 1. The Morgan fingerprint density at radius 1 is 1.15 bits per heavy atom. The van der Waals surface area contributed by atoms with Crippen LogP contribution in [0.25, 0.3) is 32.9 Å². The monoisotopic (exact) mass is 462 g/mol. The Hall–Kier alpha value is -3.55. The molecule has 8 heteroatoms. The summed E-state index contributed by atoms with van der Waals surface area (Å²) in [6.07, 6.45) is 5.64. The summed E-state index contributed by atoms with van der Waals surface area (Å²) in [5.41, 5.74) is 1.22. The van der Waals surface area contributed by atoms with Gasteiger partial charge in [-0.05, 0) is 53.8 Å². The summed E-state index contributed by atoms with van der Waals surface area (Å²) < 4.78 is 36.0. The van der Waals surface area contributed by atoms with Gasteiger partial charge in [0.2, 0.25) is 0 Å². The molecule has 2 aromatic heterocycles. The van der Waals surface area contributed by atoms with Crippen molar-refractivity contribution < 1.29 is 18.6 Å². The molecule has 34 heavy (non-hydrogen) atoms. The van der Waals surface area contributed by atoms with Crippen molar-refractivity contribution in [3.8, 4) is 23.0 Å². The number of hydrogen-bond acceptors (Lipinski definition) is 6. The Morgan fingerprint density at radius 2 is 1.94 bits per heavy atom. The average molecular weight is 463 g/mol. The van der Waals surface area contributed by atoms with Crippen LogP contribution in [0.3, 0.4) is 0 Å². The molecule has 4 aromatic rings. The number of nitrogens with zero attached hydrogens (tertiary/aromatic N) is 4. The third kappa shape index (κ3) is 3.01. The molecule has 2 aliphatic rings. The first-order chi connectivity index (χ1) is 16.4. The van der Waals surface area contributed by atoms with Gasteiger partial charge in [0.1, 0.15) is 28.6 Å². The molecule has 0 radical (unpaired) electrons. The maximum Gasteiger partial charge on any atom is 0.318 e.